The summed E-state index contributed by atoms with van der Waals surface area (Å²) in [6, 6.07) is 0. The molecular formula is C23H46BN3O5. The second kappa shape index (κ2) is 12.8. The number of nitrogens with one attached hydrogen (secondary N) is 2. The SMILES string of the molecule is [B]C(C)(CCC(=O)NCCC(C)OCC(C)(C)N)OCCC(C)(C)NC(=O)OC(C)(C)C. The lowest BCUT2D eigenvalue weighted by Crippen LogP contribution is -2.47. The van der Waals surface area contributed by atoms with Crippen LogP contribution >= 0.6 is 0 Å². The summed E-state index contributed by atoms with van der Waals surface area (Å²) in [5, 5.41) is 5.72. The number of nitrogens with two attached hydrogens (primary N) is 1. The molecular weight excluding hydrogens is 409 g/mol. The zero-order chi connectivity index (χ0) is 25.2. The summed E-state index contributed by atoms with van der Waals surface area (Å²) in [5.41, 5.74) is 3.51. The summed E-state index contributed by atoms with van der Waals surface area (Å²) in [6.07, 6.45) is 1.43. The largest absolute Gasteiger partial charge is 0.444 e. The van der Waals surface area contributed by atoms with Crippen LogP contribution in [0.1, 0.15) is 88.0 Å². The van der Waals surface area contributed by atoms with Crippen molar-refractivity contribution in [2.75, 3.05) is 19.8 Å². The summed E-state index contributed by atoms with van der Waals surface area (Å²) in [7, 11) is 6.19. The Morgan fingerprint density at radius 1 is 1.03 bits per heavy atom. The van der Waals surface area contributed by atoms with Crippen molar-refractivity contribution in [1.29, 1.82) is 0 Å². The van der Waals surface area contributed by atoms with Gasteiger partial charge in [0.2, 0.25) is 5.91 Å². The highest BCUT2D eigenvalue weighted by Gasteiger charge is 2.26. The van der Waals surface area contributed by atoms with Gasteiger partial charge in [-0.3, -0.25) is 4.79 Å². The van der Waals surface area contributed by atoms with Gasteiger partial charge < -0.3 is 30.6 Å². The smallest absolute Gasteiger partial charge is 0.408 e. The van der Waals surface area contributed by atoms with Gasteiger partial charge in [0, 0.05) is 36.2 Å². The Labute approximate surface area is 196 Å². The highest BCUT2D eigenvalue weighted by molar-refractivity contribution is 6.14. The van der Waals surface area contributed by atoms with E-state index in [0.717, 1.165) is 0 Å². The number of hydrogen-bond acceptors (Lipinski definition) is 6. The van der Waals surface area contributed by atoms with Crippen LogP contribution in [0.2, 0.25) is 0 Å². The average Bonchev–Trinajstić information content (AvgIpc) is 2.55. The molecule has 0 aromatic carbocycles. The summed E-state index contributed by atoms with van der Waals surface area (Å²) in [6.45, 7) is 18.1. The van der Waals surface area contributed by atoms with Crippen LogP contribution in [0.3, 0.4) is 0 Å². The van der Waals surface area contributed by atoms with Crippen molar-refractivity contribution in [3.63, 3.8) is 0 Å². The van der Waals surface area contributed by atoms with Crippen molar-refractivity contribution >= 4 is 19.8 Å². The van der Waals surface area contributed by atoms with Crippen molar-refractivity contribution in [3.8, 4) is 0 Å². The molecule has 4 N–H and O–H groups in total. The highest BCUT2D eigenvalue weighted by atomic mass is 16.6. The van der Waals surface area contributed by atoms with Gasteiger partial charge in [0.05, 0.1) is 12.7 Å². The third-order valence-corrected chi connectivity index (χ3v) is 4.46. The first kappa shape index (κ1) is 30.7. The maximum absolute atomic E-state index is 12.1. The second-order valence-corrected chi connectivity index (χ2v) is 11.2. The van der Waals surface area contributed by atoms with Crippen LogP contribution in [0.5, 0.6) is 0 Å². The lowest BCUT2D eigenvalue weighted by atomic mass is 9.79. The third kappa shape index (κ3) is 18.3. The number of ether oxygens (including phenoxy) is 3. The molecule has 0 aromatic heterocycles. The lowest BCUT2D eigenvalue weighted by molar-refractivity contribution is -0.122. The highest BCUT2D eigenvalue weighted by Crippen LogP contribution is 2.17. The van der Waals surface area contributed by atoms with Crippen molar-refractivity contribution in [3.05, 3.63) is 0 Å². The number of carbonyl (C=O) groups excluding carboxylic acids is 2. The van der Waals surface area contributed by atoms with Crippen LogP contribution in [0.4, 0.5) is 4.79 Å². The van der Waals surface area contributed by atoms with Gasteiger partial charge in [0.25, 0.3) is 0 Å². The quantitative estimate of drug-likeness (QED) is 0.347. The molecule has 0 heterocycles. The average molecular weight is 455 g/mol. The third-order valence-electron chi connectivity index (χ3n) is 4.46. The molecule has 2 radical (unpaired) electrons. The van der Waals surface area contributed by atoms with E-state index in [9.17, 15) is 9.59 Å². The number of rotatable bonds is 14. The fourth-order valence-corrected chi connectivity index (χ4v) is 2.56. The van der Waals surface area contributed by atoms with Gasteiger partial charge in [-0.15, -0.1) is 0 Å². The molecule has 0 aromatic rings. The topological polar surface area (TPSA) is 112 Å². The molecule has 0 aliphatic carbocycles. The maximum atomic E-state index is 12.1. The molecule has 0 saturated carbocycles. The van der Waals surface area contributed by atoms with E-state index in [2.05, 4.69) is 10.6 Å². The Kier molecular flexibility index (Phi) is 12.3. The van der Waals surface area contributed by atoms with E-state index < -0.39 is 22.7 Å². The number of hydrogen-bond donors (Lipinski definition) is 3. The fraction of sp³-hybridized carbons (Fsp3) is 0.913. The Morgan fingerprint density at radius 3 is 2.16 bits per heavy atom. The fourth-order valence-electron chi connectivity index (χ4n) is 2.56. The Balaban J connectivity index is 4.15. The molecule has 2 amide bonds. The number of carbonyl (C=O) groups is 2. The molecule has 0 saturated heterocycles. The van der Waals surface area contributed by atoms with Crippen LogP contribution in [0.15, 0.2) is 0 Å². The van der Waals surface area contributed by atoms with Crippen molar-refractivity contribution in [1.82, 2.24) is 10.6 Å². The van der Waals surface area contributed by atoms with E-state index >= 15 is 0 Å². The van der Waals surface area contributed by atoms with Gasteiger partial charge >= 0.3 is 6.09 Å². The molecule has 0 spiro atoms. The molecule has 0 aliphatic heterocycles. The molecule has 8 nitrogen and oxygen atoms in total. The first-order valence-electron chi connectivity index (χ1n) is 11.4. The Bertz CT molecular complexity index is 583. The van der Waals surface area contributed by atoms with E-state index in [0.29, 0.717) is 39.0 Å². The van der Waals surface area contributed by atoms with Crippen LogP contribution in [-0.2, 0) is 19.0 Å². The summed E-state index contributed by atoms with van der Waals surface area (Å²) < 4.78 is 16.7. The second-order valence-electron chi connectivity index (χ2n) is 11.2. The van der Waals surface area contributed by atoms with Crippen LogP contribution in [-0.4, -0.2) is 67.9 Å². The van der Waals surface area contributed by atoms with Crippen LogP contribution in [0.25, 0.3) is 0 Å². The molecule has 0 rings (SSSR count). The van der Waals surface area contributed by atoms with Crippen molar-refractivity contribution < 1.29 is 23.8 Å². The van der Waals surface area contributed by atoms with Gasteiger partial charge in [-0.1, -0.05) is 0 Å². The van der Waals surface area contributed by atoms with Crippen molar-refractivity contribution in [2.24, 2.45) is 5.73 Å². The Hall–Kier alpha value is -1.32. The lowest BCUT2D eigenvalue weighted by Gasteiger charge is -2.31. The monoisotopic (exact) mass is 455 g/mol. The Morgan fingerprint density at radius 2 is 1.62 bits per heavy atom. The van der Waals surface area contributed by atoms with E-state index in [1.807, 2.05) is 55.4 Å². The zero-order valence-corrected chi connectivity index (χ0v) is 21.7. The zero-order valence-electron chi connectivity index (χ0n) is 21.7. The molecule has 0 bridgehead atoms. The minimum atomic E-state index is -0.942. The summed E-state index contributed by atoms with van der Waals surface area (Å²) >= 11 is 0. The molecule has 9 heteroatoms. The normalized spacial score (nSPS) is 15.6. The van der Waals surface area contributed by atoms with Gasteiger partial charge in [0.1, 0.15) is 13.4 Å². The summed E-state index contributed by atoms with van der Waals surface area (Å²) in [4.78, 5) is 24.1. The predicted octanol–water partition coefficient (Wildman–Crippen LogP) is 3.01. The first-order valence-corrected chi connectivity index (χ1v) is 11.4. The van der Waals surface area contributed by atoms with E-state index in [1.54, 1.807) is 6.92 Å². The van der Waals surface area contributed by atoms with Gasteiger partial charge in [-0.05, 0) is 81.6 Å². The van der Waals surface area contributed by atoms with Crippen molar-refractivity contribution in [2.45, 2.75) is 116 Å². The first-order chi connectivity index (χ1) is 14.3. The minimum absolute atomic E-state index is 0.0128. The molecule has 186 valence electrons. The van der Waals surface area contributed by atoms with Gasteiger partial charge in [0.15, 0.2) is 0 Å². The van der Waals surface area contributed by atoms with Crippen LogP contribution < -0.4 is 16.4 Å². The number of amides is 2. The maximum Gasteiger partial charge on any atom is 0.408 e. The molecule has 2 atom stereocenters. The molecule has 0 aliphatic rings. The molecule has 32 heavy (non-hydrogen) atoms. The number of alkyl carbamates (subject to hydrolysis) is 1. The van der Waals surface area contributed by atoms with Crippen LogP contribution in [0, 0.1) is 0 Å². The molecule has 0 fully saturated rings. The molecule has 2 unspecified atom stereocenters. The van der Waals surface area contributed by atoms with E-state index in [1.165, 1.54) is 0 Å². The standard InChI is InChI=1S/C23H46BN3O5/c1-17(30-16-21(5,6)25)11-14-26-18(28)10-12-23(9,24)31-15-13-22(7,8)27-19(29)32-20(2,3)4/h17H,10-16,25H2,1-9H3,(H,26,28)(H,27,29). The van der Waals surface area contributed by atoms with Gasteiger partial charge in [-0.2, -0.15) is 0 Å². The van der Waals surface area contributed by atoms with Gasteiger partial charge in [-0.25, -0.2) is 4.79 Å². The predicted molar refractivity (Wildman–Crippen MR) is 129 cm³/mol. The minimum Gasteiger partial charge on any atom is -0.444 e. The summed E-state index contributed by atoms with van der Waals surface area (Å²) in [5.74, 6) is -0.0800. The van der Waals surface area contributed by atoms with E-state index in [-0.39, 0.29) is 24.0 Å². The van der Waals surface area contributed by atoms with E-state index in [4.69, 9.17) is 27.8 Å².